The summed E-state index contributed by atoms with van der Waals surface area (Å²) in [4.78, 5) is 37.0. The Morgan fingerprint density at radius 1 is 1.24 bits per heavy atom. The van der Waals surface area contributed by atoms with Gasteiger partial charge < -0.3 is 26.4 Å². The van der Waals surface area contributed by atoms with E-state index in [9.17, 15) is 14.4 Å². The third-order valence-electron chi connectivity index (χ3n) is 4.95. The number of rotatable bonds is 11. The number of carbonyl (C=O) groups excluding carboxylic acids is 3. The Morgan fingerprint density at radius 2 is 2.06 bits per heavy atom. The highest BCUT2D eigenvalue weighted by atomic mass is 35.5. The molecule has 5 N–H and O–H groups in total. The summed E-state index contributed by atoms with van der Waals surface area (Å²) in [5.74, 6) is -0.680. The molecule has 3 amide bonds. The van der Waals surface area contributed by atoms with Crippen molar-refractivity contribution in [3.8, 4) is 0 Å². The number of benzene rings is 1. The molecule has 1 aromatic carbocycles. The van der Waals surface area contributed by atoms with Gasteiger partial charge in [0.25, 0.3) is 0 Å². The Hall–Kier alpha value is -1.63. The van der Waals surface area contributed by atoms with Crippen LogP contribution in [0.15, 0.2) is 29.3 Å². The highest BCUT2D eigenvalue weighted by molar-refractivity contribution is 8.18. The standard InChI is InChI=1S/C21H27Cl2N5O4S2/c22-16-2-1-13(5-17(16)23)9-28-3-4-32-15(10-28)7-25-20(31)12-34-21-27-14(11-33-21)6-19(30)26-8-18(24)29/h1-2,5,11,15,21,27H,3-4,6-10,12H2,(H2,24,29)(H,25,31)(H,26,30)/t15-,21?/m0/s1. The van der Waals surface area contributed by atoms with Gasteiger partial charge in [-0.15, -0.1) is 11.8 Å². The number of nitrogens with zero attached hydrogens (tertiary/aromatic N) is 1. The maximum absolute atomic E-state index is 12.3. The molecule has 0 aromatic heterocycles. The van der Waals surface area contributed by atoms with Crippen molar-refractivity contribution in [2.75, 3.05) is 38.5 Å². The lowest BCUT2D eigenvalue weighted by molar-refractivity contribution is -0.124. The van der Waals surface area contributed by atoms with Gasteiger partial charge in [0, 0.05) is 31.9 Å². The van der Waals surface area contributed by atoms with E-state index < -0.39 is 5.91 Å². The first-order valence-electron chi connectivity index (χ1n) is 10.6. The monoisotopic (exact) mass is 547 g/mol. The molecule has 186 valence electrons. The van der Waals surface area contributed by atoms with Crippen molar-refractivity contribution in [2.24, 2.45) is 5.73 Å². The summed E-state index contributed by atoms with van der Waals surface area (Å²) in [7, 11) is 0. The second kappa shape index (κ2) is 13.5. The molecule has 13 heteroatoms. The molecule has 1 saturated heterocycles. The highest BCUT2D eigenvalue weighted by Gasteiger charge is 2.23. The molecule has 1 aromatic rings. The molecule has 34 heavy (non-hydrogen) atoms. The predicted molar refractivity (Wildman–Crippen MR) is 136 cm³/mol. The topological polar surface area (TPSA) is 126 Å². The molecule has 0 spiro atoms. The molecule has 0 radical (unpaired) electrons. The number of morpholine rings is 1. The van der Waals surface area contributed by atoms with Gasteiger partial charge in [0.15, 0.2) is 0 Å². The Morgan fingerprint density at radius 3 is 2.82 bits per heavy atom. The largest absolute Gasteiger partial charge is 0.374 e. The Bertz CT molecular complexity index is 936. The van der Waals surface area contributed by atoms with Gasteiger partial charge >= 0.3 is 0 Å². The summed E-state index contributed by atoms with van der Waals surface area (Å²) in [6, 6.07) is 5.63. The van der Waals surface area contributed by atoms with Crippen molar-refractivity contribution in [2.45, 2.75) is 23.8 Å². The molecule has 2 aliphatic heterocycles. The first-order chi connectivity index (χ1) is 16.3. The SMILES string of the molecule is NC(=O)CNC(=O)CC1=CSC(SCC(=O)NC[C@H]2CN(Cc3ccc(Cl)c(Cl)c3)CCO2)N1. The number of hydrogen-bond donors (Lipinski definition) is 4. The Labute approximate surface area is 216 Å². The van der Waals surface area contributed by atoms with Gasteiger partial charge in [-0.25, -0.2) is 0 Å². The van der Waals surface area contributed by atoms with Crippen LogP contribution in [0.4, 0.5) is 0 Å². The predicted octanol–water partition coefficient (Wildman–Crippen LogP) is 1.50. The van der Waals surface area contributed by atoms with Crippen LogP contribution in [0.1, 0.15) is 12.0 Å². The number of primary amides is 1. The van der Waals surface area contributed by atoms with Gasteiger partial charge in [-0.3, -0.25) is 19.3 Å². The van der Waals surface area contributed by atoms with E-state index in [1.54, 1.807) is 6.07 Å². The van der Waals surface area contributed by atoms with Crippen LogP contribution in [-0.4, -0.2) is 72.0 Å². The molecule has 2 heterocycles. The fourth-order valence-electron chi connectivity index (χ4n) is 3.33. The molecule has 2 aliphatic rings. The fraction of sp³-hybridized carbons (Fsp3) is 0.476. The van der Waals surface area contributed by atoms with Gasteiger partial charge in [0.1, 0.15) is 4.71 Å². The Balaban J connectivity index is 1.31. The smallest absolute Gasteiger partial charge is 0.236 e. The lowest BCUT2D eigenvalue weighted by atomic mass is 10.2. The summed E-state index contributed by atoms with van der Waals surface area (Å²) in [6.45, 7) is 3.10. The van der Waals surface area contributed by atoms with E-state index in [0.717, 1.165) is 24.4 Å². The molecule has 0 saturated carbocycles. The van der Waals surface area contributed by atoms with Crippen molar-refractivity contribution in [1.29, 1.82) is 0 Å². The maximum atomic E-state index is 12.3. The van der Waals surface area contributed by atoms with Gasteiger partial charge in [-0.2, -0.15) is 0 Å². The third kappa shape index (κ3) is 9.20. The van der Waals surface area contributed by atoms with E-state index in [1.807, 2.05) is 17.5 Å². The molecule has 0 aliphatic carbocycles. The quantitative estimate of drug-likeness (QED) is 0.328. The van der Waals surface area contributed by atoms with E-state index >= 15 is 0 Å². The number of carbonyl (C=O) groups is 3. The van der Waals surface area contributed by atoms with E-state index in [0.29, 0.717) is 29.7 Å². The van der Waals surface area contributed by atoms with Crippen LogP contribution in [0.5, 0.6) is 0 Å². The average molecular weight is 549 g/mol. The number of nitrogens with two attached hydrogens (primary N) is 1. The summed E-state index contributed by atoms with van der Waals surface area (Å²) in [5.41, 5.74) is 6.83. The summed E-state index contributed by atoms with van der Waals surface area (Å²) in [6.07, 6.45) is 0.0398. The number of halogens is 2. The van der Waals surface area contributed by atoms with Crippen molar-refractivity contribution in [3.05, 3.63) is 44.9 Å². The number of thioether (sulfide) groups is 2. The highest BCUT2D eigenvalue weighted by Crippen LogP contribution is 2.30. The summed E-state index contributed by atoms with van der Waals surface area (Å²) >= 11 is 15.0. The van der Waals surface area contributed by atoms with Gasteiger partial charge in [0.2, 0.25) is 17.7 Å². The van der Waals surface area contributed by atoms with E-state index in [1.165, 1.54) is 23.5 Å². The van der Waals surface area contributed by atoms with E-state index in [-0.39, 0.29) is 41.3 Å². The molecule has 0 bridgehead atoms. The first-order valence-corrected chi connectivity index (χ1v) is 13.4. The molecule has 1 unspecified atom stereocenters. The summed E-state index contributed by atoms with van der Waals surface area (Å²) < 4.78 is 5.74. The van der Waals surface area contributed by atoms with Crippen LogP contribution in [0.2, 0.25) is 10.0 Å². The number of hydrogen-bond acceptors (Lipinski definition) is 8. The summed E-state index contributed by atoms with van der Waals surface area (Å²) in [5, 5.41) is 11.5. The number of amides is 3. The van der Waals surface area contributed by atoms with Crippen molar-refractivity contribution < 1.29 is 19.1 Å². The van der Waals surface area contributed by atoms with E-state index in [2.05, 4.69) is 20.9 Å². The average Bonchev–Trinajstić information content (AvgIpc) is 3.25. The first kappa shape index (κ1) is 27.0. The van der Waals surface area contributed by atoms with Crippen LogP contribution in [0.25, 0.3) is 0 Å². The minimum absolute atomic E-state index is 0.0580. The van der Waals surface area contributed by atoms with Crippen LogP contribution in [-0.2, 0) is 25.7 Å². The lowest BCUT2D eigenvalue weighted by Gasteiger charge is -2.33. The van der Waals surface area contributed by atoms with Crippen molar-refractivity contribution in [3.63, 3.8) is 0 Å². The fourth-order valence-corrected chi connectivity index (χ4v) is 5.64. The molecule has 3 rings (SSSR count). The van der Waals surface area contributed by atoms with Gasteiger partial charge in [-0.05, 0) is 23.1 Å². The second-order valence-corrected chi connectivity index (χ2v) is 11.0. The van der Waals surface area contributed by atoms with Crippen molar-refractivity contribution >= 4 is 64.4 Å². The molecular weight excluding hydrogens is 521 g/mol. The maximum Gasteiger partial charge on any atom is 0.236 e. The number of nitrogens with one attached hydrogen (secondary N) is 3. The lowest BCUT2D eigenvalue weighted by Crippen LogP contribution is -2.47. The van der Waals surface area contributed by atoms with Crippen LogP contribution < -0.4 is 21.7 Å². The van der Waals surface area contributed by atoms with Crippen molar-refractivity contribution in [1.82, 2.24) is 20.9 Å². The van der Waals surface area contributed by atoms with Crippen LogP contribution in [0.3, 0.4) is 0 Å². The molecular formula is C21H27Cl2N5O4S2. The zero-order valence-electron chi connectivity index (χ0n) is 18.4. The van der Waals surface area contributed by atoms with Crippen LogP contribution >= 0.6 is 46.7 Å². The Kier molecular flexibility index (Phi) is 10.7. The van der Waals surface area contributed by atoms with Crippen LogP contribution in [0, 0.1) is 0 Å². The number of ether oxygens (including phenoxy) is 1. The normalized spacial score (nSPS) is 20.4. The molecule has 9 nitrogen and oxygen atoms in total. The zero-order chi connectivity index (χ0) is 24.5. The molecule has 2 atom stereocenters. The minimum atomic E-state index is -0.590. The second-order valence-electron chi connectivity index (χ2n) is 7.77. The zero-order valence-corrected chi connectivity index (χ0v) is 21.5. The minimum Gasteiger partial charge on any atom is -0.374 e. The van der Waals surface area contributed by atoms with Gasteiger partial charge in [0.05, 0.1) is 41.5 Å². The molecule has 1 fully saturated rings. The van der Waals surface area contributed by atoms with Gasteiger partial charge in [-0.1, -0.05) is 41.0 Å². The third-order valence-corrected chi connectivity index (χ3v) is 8.07. The van der Waals surface area contributed by atoms with E-state index in [4.69, 9.17) is 33.7 Å².